The summed E-state index contributed by atoms with van der Waals surface area (Å²) in [6, 6.07) is 14.9. The highest BCUT2D eigenvalue weighted by Crippen LogP contribution is 2.35. The molecule has 2 aromatic rings. The van der Waals surface area contributed by atoms with Crippen LogP contribution in [0, 0.1) is 12.8 Å². The van der Waals surface area contributed by atoms with E-state index in [0.717, 1.165) is 23.1 Å². The molecule has 0 spiro atoms. The molecular formula is C22H26N2O2. The summed E-state index contributed by atoms with van der Waals surface area (Å²) < 4.78 is 0. The van der Waals surface area contributed by atoms with Crippen LogP contribution in [0.15, 0.2) is 48.5 Å². The molecule has 4 heteroatoms. The van der Waals surface area contributed by atoms with Crippen molar-refractivity contribution in [1.82, 2.24) is 10.2 Å². The van der Waals surface area contributed by atoms with Crippen molar-refractivity contribution in [1.29, 1.82) is 0 Å². The maximum Gasteiger partial charge on any atom is 0.255 e. The number of hydrogen-bond donors (Lipinski definition) is 1. The van der Waals surface area contributed by atoms with Crippen LogP contribution in [0.25, 0.3) is 0 Å². The SMILES string of the molecule is Cc1ccccc1CN1C(=O)c2ccccc2C1C(=O)NCCC(C)C. The van der Waals surface area contributed by atoms with E-state index in [0.29, 0.717) is 24.6 Å². The molecule has 0 aliphatic carbocycles. The normalized spacial score (nSPS) is 16.1. The number of aryl methyl sites for hydroxylation is 1. The number of carbonyl (C=O) groups excluding carboxylic acids is 2. The summed E-state index contributed by atoms with van der Waals surface area (Å²) in [5.41, 5.74) is 3.61. The van der Waals surface area contributed by atoms with Gasteiger partial charge in [0.1, 0.15) is 6.04 Å². The Kier molecular flexibility index (Phi) is 5.40. The van der Waals surface area contributed by atoms with Crippen molar-refractivity contribution in [2.45, 2.75) is 39.8 Å². The van der Waals surface area contributed by atoms with Gasteiger partial charge in [0.15, 0.2) is 0 Å². The van der Waals surface area contributed by atoms with Crippen molar-refractivity contribution >= 4 is 11.8 Å². The summed E-state index contributed by atoms with van der Waals surface area (Å²) in [5, 5.41) is 3.01. The number of carbonyl (C=O) groups is 2. The van der Waals surface area contributed by atoms with Crippen molar-refractivity contribution in [3.8, 4) is 0 Å². The molecular weight excluding hydrogens is 324 g/mol. The zero-order valence-electron chi connectivity index (χ0n) is 15.7. The van der Waals surface area contributed by atoms with Gasteiger partial charge < -0.3 is 10.2 Å². The van der Waals surface area contributed by atoms with Gasteiger partial charge in [0.25, 0.3) is 5.91 Å². The first-order chi connectivity index (χ1) is 12.5. The van der Waals surface area contributed by atoms with Crippen molar-refractivity contribution in [2.75, 3.05) is 6.54 Å². The lowest BCUT2D eigenvalue weighted by molar-refractivity contribution is -0.125. The molecule has 1 N–H and O–H groups in total. The van der Waals surface area contributed by atoms with Crippen LogP contribution in [0.3, 0.4) is 0 Å². The predicted octanol–water partition coefficient (Wildman–Crippen LogP) is 3.85. The fraction of sp³-hybridized carbons (Fsp3) is 0.364. The second-order valence-corrected chi connectivity index (χ2v) is 7.32. The maximum atomic E-state index is 13.0. The molecule has 1 aliphatic rings. The van der Waals surface area contributed by atoms with Gasteiger partial charge in [-0.05, 0) is 42.0 Å². The fourth-order valence-corrected chi connectivity index (χ4v) is 3.37. The average molecular weight is 350 g/mol. The third-order valence-electron chi connectivity index (χ3n) is 4.93. The molecule has 0 bridgehead atoms. The van der Waals surface area contributed by atoms with E-state index in [2.05, 4.69) is 19.2 Å². The minimum atomic E-state index is -0.564. The standard InChI is InChI=1S/C22H26N2O2/c1-15(2)12-13-23-21(25)20-18-10-6-7-11-19(18)22(26)24(20)14-17-9-5-4-8-16(17)3/h4-11,15,20H,12-14H2,1-3H3,(H,23,25). The van der Waals surface area contributed by atoms with Crippen LogP contribution >= 0.6 is 0 Å². The Morgan fingerprint density at radius 3 is 2.54 bits per heavy atom. The van der Waals surface area contributed by atoms with E-state index < -0.39 is 6.04 Å². The Bertz CT molecular complexity index is 813. The van der Waals surface area contributed by atoms with Gasteiger partial charge >= 0.3 is 0 Å². The Balaban J connectivity index is 1.87. The van der Waals surface area contributed by atoms with Crippen LogP contribution in [0.5, 0.6) is 0 Å². The lowest BCUT2D eigenvalue weighted by Gasteiger charge is -2.25. The number of fused-ring (bicyclic) bond motifs is 1. The first kappa shape index (κ1) is 18.2. The zero-order valence-corrected chi connectivity index (χ0v) is 15.7. The van der Waals surface area contributed by atoms with Crippen molar-refractivity contribution < 1.29 is 9.59 Å². The molecule has 26 heavy (non-hydrogen) atoms. The number of nitrogens with zero attached hydrogens (tertiary/aromatic N) is 1. The van der Waals surface area contributed by atoms with E-state index in [-0.39, 0.29) is 11.8 Å². The monoisotopic (exact) mass is 350 g/mol. The minimum Gasteiger partial charge on any atom is -0.354 e. The largest absolute Gasteiger partial charge is 0.354 e. The number of amides is 2. The summed E-state index contributed by atoms with van der Waals surface area (Å²) in [6.07, 6.45) is 0.922. The van der Waals surface area contributed by atoms with E-state index in [4.69, 9.17) is 0 Å². The van der Waals surface area contributed by atoms with Crippen LogP contribution in [-0.4, -0.2) is 23.3 Å². The zero-order chi connectivity index (χ0) is 18.7. The molecule has 0 fully saturated rings. The number of rotatable bonds is 6. The lowest BCUT2D eigenvalue weighted by Crippen LogP contribution is -2.39. The topological polar surface area (TPSA) is 49.4 Å². The Labute approximate surface area is 155 Å². The summed E-state index contributed by atoms with van der Waals surface area (Å²) in [4.78, 5) is 27.6. The summed E-state index contributed by atoms with van der Waals surface area (Å²) in [7, 11) is 0. The highest BCUT2D eigenvalue weighted by atomic mass is 16.2. The molecule has 0 saturated heterocycles. The molecule has 0 radical (unpaired) electrons. The van der Waals surface area contributed by atoms with Gasteiger partial charge in [-0.15, -0.1) is 0 Å². The van der Waals surface area contributed by atoms with Gasteiger partial charge in [-0.2, -0.15) is 0 Å². The molecule has 1 aliphatic heterocycles. The first-order valence-corrected chi connectivity index (χ1v) is 9.21. The van der Waals surface area contributed by atoms with E-state index in [1.165, 1.54) is 0 Å². The smallest absolute Gasteiger partial charge is 0.255 e. The average Bonchev–Trinajstić information content (AvgIpc) is 2.89. The van der Waals surface area contributed by atoms with E-state index in [1.807, 2.05) is 55.5 Å². The molecule has 136 valence electrons. The summed E-state index contributed by atoms with van der Waals surface area (Å²) in [6.45, 7) is 7.35. The second-order valence-electron chi connectivity index (χ2n) is 7.32. The molecule has 1 atom stereocenters. The van der Waals surface area contributed by atoms with Crippen LogP contribution in [0.4, 0.5) is 0 Å². The van der Waals surface area contributed by atoms with E-state index >= 15 is 0 Å². The molecule has 0 aromatic heterocycles. The van der Waals surface area contributed by atoms with Gasteiger partial charge in [0.05, 0.1) is 0 Å². The van der Waals surface area contributed by atoms with Gasteiger partial charge in [0, 0.05) is 18.7 Å². The van der Waals surface area contributed by atoms with Gasteiger partial charge in [-0.1, -0.05) is 56.3 Å². The summed E-state index contributed by atoms with van der Waals surface area (Å²) >= 11 is 0. The van der Waals surface area contributed by atoms with Crippen molar-refractivity contribution in [2.24, 2.45) is 5.92 Å². The fourth-order valence-electron chi connectivity index (χ4n) is 3.37. The van der Waals surface area contributed by atoms with Crippen molar-refractivity contribution in [3.63, 3.8) is 0 Å². The van der Waals surface area contributed by atoms with Crippen LogP contribution in [0.2, 0.25) is 0 Å². The first-order valence-electron chi connectivity index (χ1n) is 9.21. The van der Waals surface area contributed by atoms with E-state index in [9.17, 15) is 9.59 Å². The van der Waals surface area contributed by atoms with Gasteiger partial charge in [0.2, 0.25) is 5.91 Å². The molecule has 1 heterocycles. The maximum absolute atomic E-state index is 13.0. The van der Waals surface area contributed by atoms with Gasteiger partial charge in [-0.3, -0.25) is 9.59 Å². The molecule has 0 saturated carbocycles. The molecule has 1 unspecified atom stereocenters. The van der Waals surface area contributed by atoms with E-state index in [1.54, 1.807) is 4.90 Å². The molecule has 4 nitrogen and oxygen atoms in total. The number of hydrogen-bond acceptors (Lipinski definition) is 2. The highest BCUT2D eigenvalue weighted by Gasteiger charge is 2.40. The number of benzene rings is 2. The number of nitrogens with one attached hydrogen (secondary N) is 1. The molecule has 3 rings (SSSR count). The van der Waals surface area contributed by atoms with Crippen LogP contribution < -0.4 is 5.32 Å². The molecule has 2 amide bonds. The minimum absolute atomic E-state index is 0.0761. The van der Waals surface area contributed by atoms with Crippen molar-refractivity contribution in [3.05, 3.63) is 70.8 Å². The third-order valence-corrected chi connectivity index (χ3v) is 4.93. The second kappa shape index (κ2) is 7.73. The Hall–Kier alpha value is -2.62. The highest BCUT2D eigenvalue weighted by molar-refractivity contribution is 6.04. The van der Waals surface area contributed by atoms with Gasteiger partial charge in [-0.25, -0.2) is 0 Å². The lowest BCUT2D eigenvalue weighted by atomic mass is 10.0. The quantitative estimate of drug-likeness (QED) is 0.860. The summed E-state index contributed by atoms with van der Waals surface area (Å²) in [5.74, 6) is 0.348. The Morgan fingerprint density at radius 1 is 1.12 bits per heavy atom. The van der Waals surface area contributed by atoms with Crippen LogP contribution in [-0.2, 0) is 11.3 Å². The third kappa shape index (κ3) is 3.64. The van der Waals surface area contributed by atoms with Crippen LogP contribution in [0.1, 0.15) is 53.4 Å². The Morgan fingerprint density at radius 2 is 1.81 bits per heavy atom. The predicted molar refractivity (Wildman–Crippen MR) is 103 cm³/mol. The molecule has 2 aromatic carbocycles.